The summed E-state index contributed by atoms with van der Waals surface area (Å²) in [5.74, 6) is -0.429. The molecular weight excluding hydrogens is 573 g/mol. The molecule has 0 aliphatic carbocycles. The molecule has 1 aliphatic heterocycles. The molecule has 0 saturated carbocycles. The smallest absolute Gasteiger partial charge is 0.323 e. The third-order valence-electron chi connectivity index (χ3n) is 4.13. The molecule has 3 rings (SSSR count). The maximum absolute atomic E-state index is 12.5. The van der Waals surface area contributed by atoms with E-state index in [9.17, 15) is 9.59 Å². The van der Waals surface area contributed by atoms with Crippen molar-refractivity contribution in [1.29, 1.82) is 0 Å². The zero-order chi connectivity index (χ0) is 22.5. The van der Waals surface area contributed by atoms with E-state index in [0.29, 0.717) is 33.6 Å². The summed E-state index contributed by atoms with van der Waals surface area (Å²) in [4.78, 5) is 24.9. The van der Waals surface area contributed by atoms with E-state index >= 15 is 0 Å². The highest BCUT2D eigenvalue weighted by Crippen LogP contribution is 2.38. The molecule has 162 valence electrons. The second-order valence-corrected chi connectivity index (χ2v) is 9.55. The highest BCUT2D eigenvalue weighted by atomic mass is 127. The van der Waals surface area contributed by atoms with Gasteiger partial charge >= 0.3 is 5.97 Å². The van der Waals surface area contributed by atoms with E-state index in [1.54, 1.807) is 18.2 Å². The number of carboxylic acid groups (broad SMARTS) is 1. The molecule has 1 saturated heterocycles. The second kappa shape index (κ2) is 10.7. The van der Waals surface area contributed by atoms with Crippen molar-refractivity contribution in [2.45, 2.75) is 13.5 Å². The molecule has 0 spiro atoms. The van der Waals surface area contributed by atoms with E-state index in [1.807, 2.05) is 31.2 Å². The average Bonchev–Trinajstić information content (AvgIpc) is 2.96. The number of benzene rings is 2. The van der Waals surface area contributed by atoms with E-state index < -0.39 is 18.4 Å². The Hall–Kier alpha value is -1.82. The van der Waals surface area contributed by atoms with Crippen molar-refractivity contribution in [3.8, 4) is 11.5 Å². The molecule has 2 aromatic carbocycles. The van der Waals surface area contributed by atoms with Gasteiger partial charge in [-0.3, -0.25) is 14.5 Å². The molecule has 0 atom stereocenters. The zero-order valence-corrected chi connectivity index (χ0v) is 20.8. The Morgan fingerprint density at radius 3 is 2.74 bits per heavy atom. The van der Waals surface area contributed by atoms with Crippen molar-refractivity contribution in [3.63, 3.8) is 0 Å². The molecule has 1 aliphatic rings. The Morgan fingerprint density at radius 2 is 2.06 bits per heavy atom. The number of carbonyl (C=O) groups excluding carboxylic acids is 1. The van der Waals surface area contributed by atoms with Crippen LogP contribution in [0.2, 0.25) is 5.02 Å². The summed E-state index contributed by atoms with van der Waals surface area (Å²) in [6.45, 7) is 2.12. The number of nitrogens with zero attached hydrogens (tertiary/aromatic N) is 1. The number of ether oxygens (including phenoxy) is 2. The van der Waals surface area contributed by atoms with Gasteiger partial charge in [0, 0.05) is 10.6 Å². The fraction of sp³-hybridized carbons (Fsp3) is 0.190. The molecular formula is C21H17ClINO5S2. The predicted octanol–water partition coefficient (Wildman–Crippen LogP) is 5.21. The molecule has 1 fully saturated rings. The number of aliphatic carboxylic acids is 1. The van der Waals surface area contributed by atoms with Gasteiger partial charge in [-0.15, -0.1) is 0 Å². The summed E-state index contributed by atoms with van der Waals surface area (Å²) in [5, 5.41) is 9.60. The van der Waals surface area contributed by atoms with Crippen molar-refractivity contribution in [2.24, 2.45) is 0 Å². The topological polar surface area (TPSA) is 76.1 Å². The number of halogens is 2. The Morgan fingerprint density at radius 1 is 1.32 bits per heavy atom. The molecule has 31 heavy (non-hydrogen) atoms. The number of carboxylic acids is 1. The largest absolute Gasteiger partial charge is 0.490 e. The predicted molar refractivity (Wildman–Crippen MR) is 134 cm³/mol. The fourth-order valence-corrected chi connectivity index (χ4v) is 4.99. The molecule has 10 heteroatoms. The van der Waals surface area contributed by atoms with E-state index in [2.05, 4.69) is 22.6 Å². The van der Waals surface area contributed by atoms with Crippen LogP contribution in [-0.2, 0) is 16.2 Å². The first kappa shape index (κ1) is 23.8. The Balaban J connectivity index is 1.87. The van der Waals surface area contributed by atoms with Crippen LogP contribution in [0.4, 0.5) is 0 Å². The number of amides is 1. The summed E-state index contributed by atoms with van der Waals surface area (Å²) in [6, 6.07) is 11.1. The van der Waals surface area contributed by atoms with Crippen LogP contribution in [0.25, 0.3) is 6.08 Å². The molecule has 0 bridgehead atoms. The lowest BCUT2D eigenvalue weighted by molar-refractivity contribution is -0.140. The van der Waals surface area contributed by atoms with Gasteiger partial charge in [-0.2, -0.15) is 0 Å². The average molecular weight is 590 g/mol. The van der Waals surface area contributed by atoms with Crippen LogP contribution in [-0.4, -0.2) is 39.4 Å². The summed E-state index contributed by atoms with van der Waals surface area (Å²) in [7, 11) is 0. The Bertz CT molecular complexity index is 1080. The van der Waals surface area contributed by atoms with Gasteiger partial charge in [-0.05, 0) is 59.4 Å². The van der Waals surface area contributed by atoms with Crippen molar-refractivity contribution in [3.05, 3.63) is 61.0 Å². The number of hydrogen-bond donors (Lipinski definition) is 1. The van der Waals surface area contributed by atoms with Crippen molar-refractivity contribution in [1.82, 2.24) is 4.90 Å². The summed E-state index contributed by atoms with van der Waals surface area (Å²) < 4.78 is 12.8. The quantitative estimate of drug-likeness (QED) is 0.257. The van der Waals surface area contributed by atoms with Gasteiger partial charge in [-0.25, -0.2) is 0 Å². The standard InChI is InChI=1S/C21H17ClINO5S2/c1-2-28-16-8-12(9-17-20(27)24(10-18(25)26)21(30)31-17)7-15(23)19(16)29-11-13-5-3-4-6-14(13)22/h3-9H,2,10-11H2,1H3,(H,25,26)/b17-9-. The molecule has 1 heterocycles. The van der Waals surface area contributed by atoms with Gasteiger partial charge in [-0.1, -0.05) is 53.8 Å². The van der Waals surface area contributed by atoms with Gasteiger partial charge in [0.25, 0.3) is 5.91 Å². The third kappa shape index (κ3) is 5.91. The summed E-state index contributed by atoms with van der Waals surface area (Å²) in [6.07, 6.45) is 1.67. The third-order valence-corrected chi connectivity index (χ3v) is 6.67. The normalized spacial score (nSPS) is 14.9. The van der Waals surface area contributed by atoms with E-state index in [0.717, 1.165) is 25.8 Å². The van der Waals surface area contributed by atoms with Crippen LogP contribution in [0.1, 0.15) is 18.1 Å². The minimum absolute atomic E-state index is 0.220. The lowest BCUT2D eigenvalue weighted by Crippen LogP contribution is -2.33. The van der Waals surface area contributed by atoms with Gasteiger partial charge < -0.3 is 14.6 Å². The second-order valence-electron chi connectivity index (χ2n) is 6.30. The maximum atomic E-state index is 12.5. The number of carbonyl (C=O) groups is 2. The summed E-state index contributed by atoms with van der Waals surface area (Å²) >= 11 is 14.6. The number of hydrogen-bond acceptors (Lipinski definition) is 6. The zero-order valence-electron chi connectivity index (χ0n) is 16.3. The van der Waals surface area contributed by atoms with Crippen LogP contribution in [0, 0.1) is 3.57 Å². The highest BCUT2D eigenvalue weighted by molar-refractivity contribution is 14.1. The number of rotatable bonds is 8. The molecule has 0 unspecified atom stereocenters. The highest BCUT2D eigenvalue weighted by Gasteiger charge is 2.33. The lowest BCUT2D eigenvalue weighted by atomic mass is 10.1. The molecule has 1 amide bonds. The summed E-state index contributed by atoms with van der Waals surface area (Å²) in [5.41, 5.74) is 1.57. The molecule has 0 aromatic heterocycles. The minimum Gasteiger partial charge on any atom is -0.490 e. The first-order valence-electron chi connectivity index (χ1n) is 9.09. The Kier molecular flexibility index (Phi) is 8.20. The Labute approximate surface area is 207 Å². The van der Waals surface area contributed by atoms with Crippen LogP contribution < -0.4 is 9.47 Å². The molecule has 0 radical (unpaired) electrons. The van der Waals surface area contributed by atoms with Crippen LogP contribution in [0.5, 0.6) is 11.5 Å². The van der Waals surface area contributed by atoms with E-state index in [-0.39, 0.29) is 10.9 Å². The van der Waals surface area contributed by atoms with Crippen molar-refractivity contribution in [2.75, 3.05) is 13.2 Å². The van der Waals surface area contributed by atoms with Gasteiger partial charge in [0.2, 0.25) is 0 Å². The number of thioether (sulfide) groups is 1. The van der Waals surface area contributed by atoms with E-state index in [4.69, 9.17) is 38.4 Å². The van der Waals surface area contributed by atoms with Gasteiger partial charge in [0.15, 0.2) is 11.5 Å². The minimum atomic E-state index is -1.12. The van der Waals surface area contributed by atoms with Crippen LogP contribution in [0.15, 0.2) is 41.3 Å². The van der Waals surface area contributed by atoms with Crippen LogP contribution in [0.3, 0.4) is 0 Å². The monoisotopic (exact) mass is 589 g/mol. The van der Waals surface area contributed by atoms with E-state index in [1.165, 1.54) is 0 Å². The van der Waals surface area contributed by atoms with Crippen molar-refractivity contribution >= 4 is 80.4 Å². The number of thiocarbonyl (C=S) groups is 1. The molecule has 1 N–H and O–H groups in total. The molecule has 6 nitrogen and oxygen atoms in total. The SMILES string of the molecule is CCOc1cc(/C=C2\SC(=S)N(CC(=O)O)C2=O)cc(I)c1OCc1ccccc1Cl. The molecule has 2 aromatic rings. The van der Waals surface area contributed by atoms with Crippen LogP contribution >= 0.6 is 58.2 Å². The van der Waals surface area contributed by atoms with Crippen molar-refractivity contribution < 1.29 is 24.2 Å². The first-order valence-corrected chi connectivity index (χ1v) is 11.8. The maximum Gasteiger partial charge on any atom is 0.323 e. The first-order chi connectivity index (χ1) is 14.8. The fourth-order valence-electron chi connectivity index (χ4n) is 2.76. The van der Waals surface area contributed by atoms with Gasteiger partial charge in [0.05, 0.1) is 15.1 Å². The van der Waals surface area contributed by atoms with Gasteiger partial charge in [0.1, 0.15) is 17.5 Å². The lowest BCUT2D eigenvalue weighted by Gasteiger charge is -2.15.